The van der Waals surface area contributed by atoms with Crippen molar-refractivity contribution in [3.05, 3.63) is 22.2 Å². The Morgan fingerprint density at radius 2 is 2.07 bits per heavy atom. The fourth-order valence-electron chi connectivity index (χ4n) is 1.52. The molecule has 1 aliphatic rings. The van der Waals surface area contributed by atoms with Gasteiger partial charge in [0, 0.05) is 12.1 Å². The van der Waals surface area contributed by atoms with E-state index in [1.807, 2.05) is 0 Å². The summed E-state index contributed by atoms with van der Waals surface area (Å²) in [5, 5.41) is 0.342. The fourth-order valence-corrected chi connectivity index (χ4v) is 1.79. The zero-order valence-electron chi connectivity index (χ0n) is 7.96. The van der Waals surface area contributed by atoms with Crippen LogP contribution in [0.15, 0.2) is 6.07 Å². The molecule has 15 heavy (non-hydrogen) atoms. The third kappa shape index (κ3) is 1.66. The minimum absolute atomic E-state index is 0.296. The smallest absolute Gasteiger partial charge is 0.173 e. The molecule has 0 atom stereocenters. The molecule has 0 saturated carbocycles. The molecule has 4 nitrogen and oxygen atoms in total. The summed E-state index contributed by atoms with van der Waals surface area (Å²) in [4.78, 5) is 10.8. The number of aldehydes is 1. The molecule has 1 aliphatic heterocycles. The van der Waals surface area contributed by atoms with Crippen molar-refractivity contribution in [3.63, 3.8) is 0 Å². The van der Waals surface area contributed by atoms with E-state index < -0.39 is 0 Å². The predicted octanol–water partition coefficient (Wildman–Crippen LogP) is 1.38. The number of carbonyl (C=O) groups excluding carboxylic acids is 1. The van der Waals surface area contributed by atoms with Crippen LogP contribution in [-0.2, 0) is 6.54 Å². The Kier molecular flexibility index (Phi) is 2.79. The maximum Gasteiger partial charge on any atom is 0.173 e. The van der Waals surface area contributed by atoms with Gasteiger partial charge in [0.05, 0.1) is 10.6 Å². The summed E-state index contributed by atoms with van der Waals surface area (Å²) in [6.07, 6.45) is 0.663. The van der Waals surface area contributed by atoms with Gasteiger partial charge in [0.15, 0.2) is 17.8 Å². The summed E-state index contributed by atoms with van der Waals surface area (Å²) >= 11 is 5.92. The molecule has 0 radical (unpaired) electrons. The molecule has 1 aromatic carbocycles. The third-order valence-electron chi connectivity index (χ3n) is 2.21. The van der Waals surface area contributed by atoms with Crippen LogP contribution in [0.1, 0.15) is 15.9 Å². The first kappa shape index (κ1) is 10.3. The van der Waals surface area contributed by atoms with Gasteiger partial charge in [-0.2, -0.15) is 0 Å². The standard InChI is InChI=1S/C10H10ClNO3/c11-8-3-6(4-12)9-10(7(8)5-13)15-2-1-14-9/h3,5H,1-2,4,12H2. The van der Waals surface area contributed by atoms with E-state index in [4.69, 9.17) is 26.8 Å². The number of fused-ring (bicyclic) bond motifs is 1. The first-order valence-electron chi connectivity index (χ1n) is 4.54. The zero-order valence-corrected chi connectivity index (χ0v) is 8.71. The van der Waals surface area contributed by atoms with E-state index in [0.717, 1.165) is 5.56 Å². The lowest BCUT2D eigenvalue weighted by atomic mass is 10.1. The Bertz CT molecular complexity index is 406. The van der Waals surface area contributed by atoms with Crippen molar-refractivity contribution < 1.29 is 14.3 Å². The summed E-state index contributed by atoms with van der Waals surface area (Å²) in [7, 11) is 0. The van der Waals surface area contributed by atoms with E-state index in [1.54, 1.807) is 6.07 Å². The van der Waals surface area contributed by atoms with E-state index in [0.29, 0.717) is 48.1 Å². The van der Waals surface area contributed by atoms with Gasteiger partial charge in [0.1, 0.15) is 13.2 Å². The average molecular weight is 228 g/mol. The fraction of sp³-hybridized carbons (Fsp3) is 0.300. The number of halogens is 1. The maximum atomic E-state index is 10.8. The van der Waals surface area contributed by atoms with Crippen LogP contribution in [0.25, 0.3) is 0 Å². The Hall–Kier alpha value is -1.26. The molecule has 1 aromatic rings. The minimum atomic E-state index is 0.296. The van der Waals surface area contributed by atoms with Gasteiger partial charge in [-0.15, -0.1) is 0 Å². The topological polar surface area (TPSA) is 61.6 Å². The monoisotopic (exact) mass is 227 g/mol. The number of carbonyl (C=O) groups is 1. The van der Waals surface area contributed by atoms with E-state index in [2.05, 4.69) is 0 Å². The van der Waals surface area contributed by atoms with Crippen LogP contribution in [0, 0.1) is 0 Å². The quantitative estimate of drug-likeness (QED) is 0.776. The second kappa shape index (κ2) is 4.08. The van der Waals surface area contributed by atoms with E-state index >= 15 is 0 Å². The molecule has 0 saturated heterocycles. The summed E-state index contributed by atoms with van der Waals surface area (Å²) in [5.74, 6) is 0.944. The summed E-state index contributed by atoms with van der Waals surface area (Å²) < 4.78 is 10.8. The highest BCUT2D eigenvalue weighted by Gasteiger charge is 2.22. The van der Waals surface area contributed by atoms with Gasteiger partial charge < -0.3 is 15.2 Å². The Morgan fingerprint density at radius 1 is 1.40 bits per heavy atom. The van der Waals surface area contributed by atoms with Crippen molar-refractivity contribution in [1.29, 1.82) is 0 Å². The Balaban J connectivity index is 2.65. The lowest BCUT2D eigenvalue weighted by Gasteiger charge is -2.22. The second-order valence-electron chi connectivity index (χ2n) is 3.11. The molecule has 0 fully saturated rings. The molecule has 0 aromatic heterocycles. The summed E-state index contributed by atoms with van der Waals surface area (Å²) in [5.41, 5.74) is 6.62. The molecule has 0 bridgehead atoms. The summed E-state index contributed by atoms with van der Waals surface area (Å²) in [6.45, 7) is 1.17. The Labute approximate surface area is 91.9 Å². The van der Waals surface area contributed by atoms with E-state index in [1.165, 1.54) is 0 Å². The number of hydrogen-bond acceptors (Lipinski definition) is 4. The van der Waals surface area contributed by atoms with Crippen LogP contribution in [0.3, 0.4) is 0 Å². The largest absolute Gasteiger partial charge is 0.486 e. The van der Waals surface area contributed by atoms with Gasteiger partial charge in [0.25, 0.3) is 0 Å². The molecule has 1 heterocycles. The van der Waals surface area contributed by atoms with Crippen LogP contribution >= 0.6 is 11.6 Å². The van der Waals surface area contributed by atoms with Crippen LogP contribution in [0.4, 0.5) is 0 Å². The molecule has 5 heteroatoms. The predicted molar refractivity (Wildman–Crippen MR) is 55.7 cm³/mol. The molecule has 0 unspecified atom stereocenters. The van der Waals surface area contributed by atoms with Crippen molar-refractivity contribution in [1.82, 2.24) is 0 Å². The number of benzene rings is 1. The molecule has 0 spiro atoms. The minimum Gasteiger partial charge on any atom is -0.486 e. The average Bonchev–Trinajstić information content (AvgIpc) is 2.28. The third-order valence-corrected chi connectivity index (χ3v) is 2.53. The molecular formula is C10H10ClNO3. The molecule has 2 rings (SSSR count). The van der Waals surface area contributed by atoms with Gasteiger partial charge in [-0.1, -0.05) is 11.6 Å². The van der Waals surface area contributed by atoms with Gasteiger partial charge in [-0.05, 0) is 6.07 Å². The van der Waals surface area contributed by atoms with Crippen LogP contribution in [0.2, 0.25) is 5.02 Å². The summed E-state index contributed by atoms with van der Waals surface area (Å²) in [6, 6.07) is 1.64. The van der Waals surface area contributed by atoms with Gasteiger partial charge in [0.2, 0.25) is 0 Å². The van der Waals surface area contributed by atoms with E-state index in [-0.39, 0.29) is 0 Å². The SMILES string of the molecule is NCc1cc(Cl)c(C=O)c2c1OCCO2. The van der Waals surface area contributed by atoms with Crippen molar-refractivity contribution >= 4 is 17.9 Å². The lowest BCUT2D eigenvalue weighted by molar-refractivity contribution is 0.111. The van der Waals surface area contributed by atoms with Crippen molar-refractivity contribution in [2.45, 2.75) is 6.54 Å². The van der Waals surface area contributed by atoms with Gasteiger partial charge in [-0.25, -0.2) is 0 Å². The normalized spacial score (nSPS) is 13.7. The molecule has 2 N–H and O–H groups in total. The lowest BCUT2D eigenvalue weighted by Crippen LogP contribution is -2.19. The van der Waals surface area contributed by atoms with Crippen LogP contribution in [0.5, 0.6) is 11.5 Å². The molecular weight excluding hydrogens is 218 g/mol. The van der Waals surface area contributed by atoms with Crippen molar-refractivity contribution in [2.75, 3.05) is 13.2 Å². The first-order valence-corrected chi connectivity index (χ1v) is 4.92. The zero-order chi connectivity index (χ0) is 10.8. The number of ether oxygens (including phenoxy) is 2. The highest BCUT2D eigenvalue weighted by molar-refractivity contribution is 6.33. The van der Waals surface area contributed by atoms with Crippen molar-refractivity contribution in [2.24, 2.45) is 5.73 Å². The highest BCUT2D eigenvalue weighted by atomic mass is 35.5. The van der Waals surface area contributed by atoms with E-state index in [9.17, 15) is 4.79 Å². The second-order valence-corrected chi connectivity index (χ2v) is 3.52. The maximum absolute atomic E-state index is 10.8. The Morgan fingerprint density at radius 3 is 2.67 bits per heavy atom. The number of rotatable bonds is 2. The van der Waals surface area contributed by atoms with Crippen molar-refractivity contribution in [3.8, 4) is 11.5 Å². The first-order chi connectivity index (χ1) is 7.27. The highest BCUT2D eigenvalue weighted by Crippen LogP contribution is 2.40. The van der Waals surface area contributed by atoms with Gasteiger partial charge in [-0.3, -0.25) is 4.79 Å². The van der Waals surface area contributed by atoms with Crippen LogP contribution in [-0.4, -0.2) is 19.5 Å². The molecule has 80 valence electrons. The molecule has 0 amide bonds. The van der Waals surface area contributed by atoms with Crippen LogP contribution < -0.4 is 15.2 Å². The molecule has 0 aliphatic carbocycles. The number of hydrogen-bond donors (Lipinski definition) is 1. The van der Waals surface area contributed by atoms with Gasteiger partial charge >= 0.3 is 0 Å². The number of nitrogens with two attached hydrogens (primary N) is 1.